The molecule has 18 heavy (non-hydrogen) atoms. The first-order valence-corrected chi connectivity index (χ1v) is 6.70. The van der Waals surface area contributed by atoms with Gasteiger partial charge in [-0.2, -0.15) is 0 Å². The standard InChI is InChI=1S/C9H12ClN3O3S.Na/c1-11-13(6-7-17(14,15)16)12-9-5-3-2-4-8(9)10;/h2-5H,6-7H2,1H3,(H-,11,12,14,15,16);/q;+1. The van der Waals surface area contributed by atoms with E-state index < -0.39 is 15.9 Å². The fraction of sp³-hybridized carbons (Fsp3) is 0.333. The number of hydrogen-bond donors (Lipinski definition) is 1. The molecule has 0 bridgehead atoms. The second kappa shape index (κ2) is 8.08. The predicted molar refractivity (Wildman–Crippen MR) is 63.1 cm³/mol. The minimum Gasteiger partial charge on any atom is -0.748 e. The average Bonchev–Trinajstić information content (AvgIpc) is 2.25. The molecule has 9 heteroatoms. The van der Waals surface area contributed by atoms with E-state index >= 15 is 0 Å². The van der Waals surface area contributed by atoms with Gasteiger partial charge in [0.25, 0.3) is 0 Å². The summed E-state index contributed by atoms with van der Waals surface area (Å²) in [5, 5.41) is 4.27. The Labute approximate surface area is 133 Å². The Morgan fingerprint density at radius 2 is 2.06 bits per heavy atom. The second-order valence-corrected chi connectivity index (χ2v) is 5.11. The third-order valence-corrected chi connectivity index (χ3v) is 2.93. The third kappa shape index (κ3) is 6.67. The number of nitrogens with zero attached hydrogens (tertiary/aromatic N) is 2. The summed E-state index contributed by atoms with van der Waals surface area (Å²) in [6, 6.07) is 6.93. The van der Waals surface area contributed by atoms with Crippen molar-refractivity contribution in [3.05, 3.63) is 29.3 Å². The van der Waals surface area contributed by atoms with E-state index in [1.807, 2.05) is 0 Å². The van der Waals surface area contributed by atoms with Crippen molar-refractivity contribution < 1.29 is 47.3 Å². The molecular formula is C9H12ClN3NaO3S+. The van der Waals surface area contributed by atoms with Gasteiger partial charge in [-0.25, -0.2) is 8.42 Å². The summed E-state index contributed by atoms with van der Waals surface area (Å²) in [7, 11) is -2.78. The minimum atomic E-state index is -4.26. The molecule has 0 amide bonds. The van der Waals surface area contributed by atoms with E-state index in [-0.39, 0.29) is 36.1 Å². The van der Waals surface area contributed by atoms with Crippen LogP contribution in [0.3, 0.4) is 0 Å². The van der Waals surface area contributed by atoms with Crippen molar-refractivity contribution in [1.82, 2.24) is 0 Å². The van der Waals surface area contributed by atoms with E-state index in [1.165, 1.54) is 11.9 Å². The fourth-order valence-corrected chi connectivity index (χ4v) is 1.67. The molecule has 1 N–H and O–H groups in total. The Morgan fingerprint density at radius 1 is 1.44 bits per heavy atom. The van der Waals surface area contributed by atoms with Gasteiger partial charge in [-0.3, -0.25) is 0 Å². The molecule has 0 aromatic heterocycles. The number of halogens is 1. The van der Waals surface area contributed by atoms with Crippen LogP contribution in [0.5, 0.6) is 0 Å². The molecular weight excluding hydrogens is 289 g/mol. The largest absolute Gasteiger partial charge is 1.00 e. The zero-order valence-corrected chi connectivity index (χ0v) is 13.7. The predicted octanol–water partition coefficient (Wildman–Crippen LogP) is -1.69. The van der Waals surface area contributed by atoms with Crippen LogP contribution in [0.1, 0.15) is 0 Å². The summed E-state index contributed by atoms with van der Waals surface area (Å²) in [5.41, 5.74) is 3.39. The van der Waals surface area contributed by atoms with Gasteiger partial charge in [-0.15, -0.1) is 5.43 Å². The summed E-state index contributed by atoms with van der Waals surface area (Å²) in [4.78, 5) is 1.25. The maximum absolute atomic E-state index is 10.5. The van der Waals surface area contributed by atoms with Crippen LogP contribution in [0, 0.1) is 0 Å². The smallest absolute Gasteiger partial charge is 0.748 e. The summed E-state index contributed by atoms with van der Waals surface area (Å²) in [6.07, 6.45) is 0. The van der Waals surface area contributed by atoms with Gasteiger partial charge < -0.3 is 4.55 Å². The Bertz CT molecular complexity index is 522. The normalized spacial score (nSPS) is 11.8. The monoisotopic (exact) mass is 300 g/mol. The number of rotatable bonds is 5. The molecule has 0 saturated carbocycles. The number of azo groups is 1. The summed E-state index contributed by atoms with van der Waals surface area (Å²) in [6.45, 7) is -0.0481. The van der Waals surface area contributed by atoms with Crippen LogP contribution in [0.2, 0.25) is 5.02 Å². The minimum absolute atomic E-state index is 0. The SMILES string of the molecule is CN=[N+](CCS(=O)(=O)[O-])Nc1ccccc1Cl.[Na+]. The molecule has 0 aliphatic carbocycles. The number of benzene rings is 1. The molecule has 0 atom stereocenters. The van der Waals surface area contributed by atoms with Crippen molar-refractivity contribution in [1.29, 1.82) is 0 Å². The van der Waals surface area contributed by atoms with Crippen LogP contribution in [0.25, 0.3) is 0 Å². The quantitative estimate of drug-likeness (QED) is 0.231. The van der Waals surface area contributed by atoms with Gasteiger partial charge in [0, 0.05) is 0 Å². The van der Waals surface area contributed by atoms with E-state index in [0.29, 0.717) is 10.7 Å². The van der Waals surface area contributed by atoms with Crippen LogP contribution in [0.15, 0.2) is 29.4 Å². The first-order valence-electron chi connectivity index (χ1n) is 4.74. The first kappa shape index (κ1) is 17.8. The van der Waals surface area contributed by atoms with Gasteiger partial charge in [0.2, 0.25) is 6.54 Å². The molecule has 0 unspecified atom stereocenters. The molecule has 1 rings (SSSR count). The topological polar surface area (TPSA) is 84.6 Å². The second-order valence-electron chi connectivity index (χ2n) is 3.18. The summed E-state index contributed by atoms with van der Waals surface area (Å²) < 4.78 is 31.5. The van der Waals surface area contributed by atoms with Crippen LogP contribution >= 0.6 is 11.6 Å². The third-order valence-electron chi connectivity index (χ3n) is 1.92. The molecule has 0 saturated heterocycles. The number of hydrazine groups is 1. The van der Waals surface area contributed by atoms with Gasteiger partial charge in [-0.05, 0) is 22.1 Å². The van der Waals surface area contributed by atoms with Crippen LogP contribution in [-0.2, 0) is 10.1 Å². The molecule has 0 radical (unpaired) electrons. The Hall–Kier alpha value is -0.180. The van der Waals surface area contributed by atoms with Crippen LogP contribution in [-0.4, -0.2) is 37.1 Å². The Kier molecular flexibility index (Phi) is 8.00. The van der Waals surface area contributed by atoms with Crippen molar-refractivity contribution in [2.24, 2.45) is 5.11 Å². The zero-order chi connectivity index (χ0) is 12.9. The first-order chi connectivity index (χ1) is 7.92. The fourth-order valence-electron chi connectivity index (χ4n) is 1.10. The van der Waals surface area contributed by atoms with Gasteiger partial charge >= 0.3 is 29.6 Å². The van der Waals surface area contributed by atoms with Crippen molar-refractivity contribution in [2.75, 3.05) is 24.8 Å². The van der Waals surface area contributed by atoms with Gasteiger partial charge in [-0.1, -0.05) is 23.7 Å². The van der Waals surface area contributed by atoms with E-state index in [1.54, 1.807) is 24.3 Å². The number of anilines is 1. The Morgan fingerprint density at radius 3 is 2.56 bits per heavy atom. The summed E-state index contributed by atoms with van der Waals surface area (Å²) >= 11 is 5.90. The molecule has 94 valence electrons. The van der Waals surface area contributed by atoms with Crippen LogP contribution < -0.4 is 35.0 Å². The number of nitrogens with one attached hydrogen (secondary N) is 1. The van der Waals surface area contributed by atoms with Crippen molar-refractivity contribution in [3.63, 3.8) is 0 Å². The van der Waals surface area contributed by atoms with Gasteiger partial charge in [0.15, 0.2) is 0 Å². The number of para-hydroxylation sites is 1. The molecule has 0 aliphatic heterocycles. The van der Waals surface area contributed by atoms with Crippen molar-refractivity contribution in [2.45, 2.75) is 0 Å². The van der Waals surface area contributed by atoms with Crippen LogP contribution in [0.4, 0.5) is 5.69 Å². The molecule has 0 heterocycles. The average molecular weight is 301 g/mol. The Balaban J connectivity index is 0.00000289. The van der Waals surface area contributed by atoms with E-state index in [2.05, 4.69) is 10.5 Å². The summed E-state index contributed by atoms with van der Waals surface area (Å²) in [5.74, 6) is -0.526. The zero-order valence-electron chi connectivity index (χ0n) is 10.1. The van der Waals surface area contributed by atoms with Gasteiger partial charge in [0.1, 0.15) is 21.6 Å². The maximum Gasteiger partial charge on any atom is 1.00 e. The molecule has 1 aromatic rings. The molecule has 0 aliphatic rings. The van der Waals surface area contributed by atoms with E-state index in [9.17, 15) is 13.0 Å². The van der Waals surface area contributed by atoms with E-state index in [4.69, 9.17) is 11.6 Å². The van der Waals surface area contributed by atoms with Crippen molar-refractivity contribution in [3.8, 4) is 0 Å². The molecule has 1 aromatic carbocycles. The molecule has 0 fully saturated rings. The van der Waals surface area contributed by atoms with Gasteiger partial charge in [0.05, 0.1) is 12.1 Å². The number of hydrogen-bond acceptors (Lipinski definition) is 4. The van der Waals surface area contributed by atoms with E-state index in [0.717, 1.165) is 0 Å². The van der Waals surface area contributed by atoms with Crippen molar-refractivity contribution >= 4 is 27.4 Å². The maximum atomic E-state index is 10.5. The molecule has 0 spiro atoms. The molecule has 6 nitrogen and oxygen atoms in total.